The van der Waals surface area contributed by atoms with Gasteiger partial charge in [0.15, 0.2) is 11.6 Å². The van der Waals surface area contributed by atoms with Crippen molar-refractivity contribution in [3.63, 3.8) is 0 Å². The fourth-order valence-corrected chi connectivity index (χ4v) is 6.34. The lowest BCUT2D eigenvalue weighted by atomic mass is 9.58. The van der Waals surface area contributed by atoms with E-state index in [2.05, 4.69) is 18.7 Å². The van der Waals surface area contributed by atoms with Crippen LogP contribution in [-0.2, 0) is 23.1 Å². The van der Waals surface area contributed by atoms with Crippen molar-refractivity contribution in [3.8, 4) is 22.6 Å². The molecule has 0 spiro atoms. The predicted octanol–water partition coefficient (Wildman–Crippen LogP) is 6.90. The molecule has 5 nitrogen and oxygen atoms in total. The van der Waals surface area contributed by atoms with Crippen LogP contribution in [0.25, 0.3) is 38.4 Å². The highest BCUT2D eigenvalue weighted by atomic mass is 19.1. The summed E-state index contributed by atoms with van der Waals surface area (Å²) in [4.78, 5) is 31.5. The number of halogens is 1. The number of carbonyl (C=O) groups excluding carboxylic acids is 1. The first kappa shape index (κ1) is 24.1. The monoisotopic (exact) mass is 502 g/mol. The van der Waals surface area contributed by atoms with Gasteiger partial charge in [-0.05, 0) is 49.4 Å². The second-order valence-electron chi connectivity index (χ2n) is 10.5. The van der Waals surface area contributed by atoms with Crippen molar-refractivity contribution in [2.45, 2.75) is 45.4 Å². The summed E-state index contributed by atoms with van der Waals surface area (Å²) in [5.41, 5.74) is 4.77. The van der Waals surface area contributed by atoms with Gasteiger partial charge in [-0.15, -0.1) is 0 Å². The summed E-state index contributed by atoms with van der Waals surface area (Å²) in [5.74, 6) is -0.262. The number of hydrogen-bond acceptors (Lipinski definition) is 4. The molecule has 0 aliphatic heterocycles. The number of fused-ring (bicyclic) bond motifs is 4. The maximum absolute atomic E-state index is 15.2. The Balaban J connectivity index is 1.71. The third-order valence-electron chi connectivity index (χ3n) is 8.32. The van der Waals surface area contributed by atoms with Crippen molar-refractivity contribution >= 4 is 16.7 Å². The van der Waals surface area contributed by atoms with E-state index in [0.29, 0.717) is 23.5 Å². The number of ketones is 1. The topological polar surface area (TPSA) is 60.1 Å². The standard InChI is InChI=1S/C32H27FN4O/c1-5-19-16-23(20-10-7-9-13-26(20)35-19)31-36-28(21-11-6-8-12-25(21)33)22-14-15-24-18(2)29(38)27(34-4)17-32(24,3)30(22)37-31/h6-13,16-18,24H,5,14-15H2,1-3H3/t18-,24-,32-/m1/s1. The van der Waals surface area contributed by atoms with Crippen molar-refractivity contribution in [3.05, 3.63) is 101 Å². The van der Waals surface area contributed by atoms with Crippen LogP contribution < -0.4 is 0 Å². The molecule has 0 amide bonds. The van der Waals surface area contributed by atoms with Crippen LogP contribution in [0.2, 0.25) is 0 Å². The molecule has 0 radical (unpaired) electrons. The number of aromatic nitrogens is 3. The number of pyridine rings is 1. The summed E-state index contributed by atoms with van der Waals surface area (Å²) >= 11 is 0. The smallest absolute Gasteiger partial charge is 0.226 e. The first-order valence-electron chi connectivity index (χ1n) is 13.1. The van der Waals surface area contributed by atoms with Crippen LogP contribution in [0.4, 0.5) is 4.39 Å². The van der Waals surface area contributed by atoms with E-state index < -0.39 is 5.41 Å². The van der Waals surface area contributed by atoms with Gasteiger partial charge in [-0.25, -0.2) is 19.2 Å². The van der Waals surface area contributed by atoms with Crippen molar-refractivity contribution in [1.29, 1.82) is 0 Å². The minimum absolute atomic E-state index is 0.00962. The minimum atomic E-state index is -0.658. The molecule has 6 heteroatoms. The van der Waals surface area contributed by atoms with E-state index in [0.717, 1.165) is 46.3 Å². The summed E-state index contributed by atoms with van der Waals surface area (Å²) in [6, 6.07) is 16.6. The van der Waals surface area contributed by atoms with Gasteiger partial charge in [-0.1, -0.05) is 57.2 Å². The summed E-state index contributed by atoms with van der Waals surface area (Å²) in [5, 5.41) is 0.922. The molecule has 0 unspecified atom stereocenters. The van der Waals surface area contributed by atoms with Crippen molar-refractivity contribution in [1.82, 2.24) is 15.0 Å². The number of aryl methyl sites for hydroxylation is 1. The summed E-state index contributed by atoms with van der Waals surface area (Å²) in [7, 11) is 0. The molecule has 188 valence electrons. The highest BCUT2D eigenvalue weighted by molar-refractivity contribution is 6.00. The molecule has 2 heterocycles. The third kappa shape index (κ3) is 3.57. The number of Topliss-reactive ketones (excluding diaryl/α,β-unsaturated/α-hetero) is 1. The van der Waals surface area contributed by atoms with Crippen LogP contribution in [0.5, 0.6) is 0 Å². The Morgan fingerprint density at radius 3 is 2.61 bits per heavy atom. The van der Waals surface area contributed by atoms with Crippen molar-refractivity contribution < 1.29 is 9.18 Å². The van der Waals surface area contributed by atoms with Gasteiger partial charge in [0, 0.05) is 39.1 Å². The average Bonchev–Trinajstić information content (AvgIpc) is 2.94. The SMILES string of the molecule is [C-]#[N+]C1=C[C@@]2(C)c3nc(-c4cc(CC)nc5ccccc45)nc(-c4ccccc4F)c3CC[C@@H]2[C@@H](C)C1=O. The van der Waals surface area contributed by atoms with Gasteiger partial charge < -0.3 is 4.79 Å². The molecule has 6 rings (SSSR count). The Labute approximate surface area is 221 Å². The van der Waals surface area contributed by atoms with Gasteiger partial charge >= 0.3 is 0 Å². The van der Waals surface area contributed by atoms with E-state index in [1.54, 1.807) is 18.2 Å². The molecule has 4 aromatic rings. The molecular weight excluding hydrogens is 475 g/mol. The van der Waals surface area contributed by atoms with Crippen LogP contribution in [-0.4, -0.2) is 20.7 Å². The summed E-state index contributed by atoms with van der Waals surface area (Å²) in [6.07, 6.45) is 3.92. The second kappa shape index (κ2) is 8.95. The predicted molar refractivity (Wildman–Crippen MR) is 146 cm³/mol. The fourth-order valence-electron chi connectivity index (χ4n) is 6.34. The lowest BCUT2D eigenvalue weighted by Crippen LogP contribution is -2.46. The number of carbonyl (C=O) groups is 1. The van der Waals surface area contributed by atoms with Gasteiger partial charge in [0.05, 0.1) is 23.5 Å². The van der Waals surface area contributed by atoms with Gasteiger partial charge in [0.2, 0.25) is 5.70 Å². The second-order valence-corrected chi connectivity index (χ2v) is 10.5. The number of rotatable bonds is 3. The molecule has 0 N–H and O–H groups in total. The molecular formula is C32H27FN4O. The molecule has 0 saturated heterocycles. The van der Waals surface area contributed by atoms with Crippen molar-refractivity contribution in [2.75, 3.05) is 0 Å². The van der Waals surface area contributed by atoms with Crippen LogP contribution >= 0.6 is 0 Å². The third-order valence-corrected chi connectivity index (χ3v) is 8.32. The zero-order chi connectivity index (χ0) is 26.6. The summed E-state index contributed by atoms with van der Waals surface area (Å²) < 4.78 is 15.2. The Morgan fingerprint density at radius 2 is 1.84 bits per heavy atom. The maximum atomic E-state index is 15.2. The van der Waals surface area contributed by atoms with Crippen LogP contribution in [0.3, 0.4) is 0 Å². The zero-order valence-corrected chi connectivity index (χ0v) is 21.6. The fraction of sp³-hybridized carbons (Fsp3) is 0.281. The van der Waals surface area contributed by atoms with Crippen molar-refractivity contribution in [2.24, 2.45) is 11.8 Å². The Kier molecular flexibility index (Phi) is 5.68. The van der Waals surface area contributed by atoms with E-state index >= 15 is 4.39 Å². The van der Waals surface area contributed by atoms with Crippen LogP contribution in [0, 0.1) is 24.2 Å². The number of nitrogens with zero attached hydrogens (tertiary/aromatic N) is 4. The maximum Gasteiger partial charge on any atom is 0.226 e. The molecule has 0 bridgehead atoms. The van der Waals surface area contributed by atoms with Gasteiger partial charge in [0.1, 0.15) is 5.82 Å². The first-order valence-corrected chi connectivity index (χ1v) is 13.1. The van der Waals surface area contributed by atoms with E-state index in [9.17, 15) is 4.79 Å². The molecule has 2 aromatic heterocycles. The van der Waals surface area contributed by atoms with Crippen LogP contribution in [0.15, 0.2) is 66.4 Å². The molecule has 0 saturated carbocycles. The van der Waals surface area contributed by atoms with Crippen LogP contribution in [0.1, 0.15) is 44.1 Å². The lowest BCUT2D eigenvalue weighted by molar-refractivity contribution is -0.121. The van der Waals surface area contributed by atoms with E-state index in [-0.39, 0.29) is 29.1 Å². The lowest BCUT2D eigenvalue weighted by Gasteiger charge is -2.46. The molecule has 3 atom stereocenters. The first-order chi connectivity index (χ1) is 18.4. The normalized spacial score (nSPS) is 22.4. The number of hydrogen-bond donors (Lipinski definition) is 0. The summed E-state index contributed by atoms with van der Waals surface area (Å²) in [6.45, 7) is 13.7. The molecule has 2 aromatic carbocycles. The quantitative estimate of drug-likeness (QED) is 0.286. The molecule has 38 heavy (non-hydrogen) atoms. The number of allylic oxidation sites excluding steroid dienone is 2. The average molecular weight is 503 g/mol. The molecule has 0 fully saturated rings. The van der Waals surface area contributed by atoms with E-state index in [1.165, 1.54) is 6.07 Å². The molecule has 2 aliphatic rings. The highest BCUT2D eigenvalue weighted by Crippen LogP contribution is 2.51. The largest absolute Gasteiger partial charge is 0.308 e. The van der Waals surface area contributed by atoms with Gasteiger partial charge in [0.25, 0.3) is 0 Å². The Morgan fingerprint density at radius 1 is 1.08 bits per heavy atom. The zero-order valence-electron chi connectivity index (χ0n) is 21.6. The Hall–Kier alpha value is -4.24. The highest BCUT2D eigenvalue weighted by Gasteiger charge is 2.49. The molecule has 2 aliphatic carbocycles. The van der Waals surface area contributed by atoms with Gasteiger partial charge in [-0.3, -0.25) is 4.98 Å². The minimum Gasteiger partial charge on any atom is -0.308 e. The Bertz CT molecular complexity index is 1700. The van der Waals surface area contributed by atoms with E-state index in [4.69, 9.17) is 21.5 Å². The van der Waals surface area contributed by atoms with E-state index in [1.807, 2.05) is 43.3 Å². The number of para-hydroxylation sites is 1. The number of benzene rings is 2. The van der Waals surface area contributed by atoms with Gasteiger partial charge in [-0.2, -0.15) is 0 Å².